The predicted octanol–water partition coefficient (Wildman–Crippen LogP) is 1.90. The number of carbonyl (C=O) groups excluding carboxylic acids is 1. The van der Waals surface area contributed by atoms with Crippen molar-refractivity contribution in [2.24, 2.45) is 11.3 Å². The molecule has 1 heterocycles. The molecule has 1 amide bonds. The van der Waals surface area contributed by atoms with Gasteiger partial charge in [-0.25, -0.2) is 0 Å². The first kappa shape index (κ1) is 9.56. The molecule has 1 atom stereocenters. The van der Waals surface area contributed by atoms with E-state index >= 15 is 0 Å². The van der Waals surface area contributed by atoms with Crippen LogP contribution in [-0.4, -0.2) is 24.4 Å². The van der Waals surface area contributed by atoms with Gasteiger partial charge in [0, 0.05) is 20.0 Å². The SMILES string of the molecule is CN1CC(C(C)(C)C)CCC1=O. The fourth-order valence-corrected chi connectivity index (χ4v) is 1.72. The summed E-state index contributed by atoms with van der Waals surface area (Å²) >= 11 is 0. The number of hydrogen-bond donors (Lipinski definition) is 0. The predicted molar refractivity (Wildman–Crippen MR) is 49.8 cm³/mol. The Morgan fingerprint density at radius 2 is 2.00 bits per heavy atom. The van der Waals surface area contributed by atoms with E-state index in [1.54, 1.807) is 0 Å². The van der Waals surface area contributed by atoms with E-state index in [2.05, 4.69) is 20.8 Å². The van der Waals surface area contributed by atoms with Crippen molar-refractivity contribution >= 4 is 5.91 Å². The summed E-state index contributed by atoms with van der Waals surface area (Å²) in [5.41, 5.74) is 0.342. The first-order valence-corrected chi connectivity index (χ1v) is 4.65. The topological polar surface area (TPSA) is 20.3 Å². The Balaban J connectivity index is 2.57. The zero-order valence-electron chi connectivity index (χ0n) is 8.55. The van der Waals surface area contributed by atoms with Crippen LogP contribution in [0.2, 0.25) is 0 Å². The minimum atomic E-state index is 0.301. The molecule has 2 nitrogen and oxygen atoms in total. The Morgan fingerprint density at radius 3 is 2.42 bits per heavy atom. The third-order valence-electron chi connectivity index (χ3n) is 2.85. The number of piperidine rings is 1. The smallest absolute Gasteiger partial charge is 0.222 e. The maximum Gasteiger partial charge on any atom is 0.222 e. The van der Waals surface area contributed by atoms with E-state index in [1.165, 1.54) is 0 Å². The van der Waals surface area contributed by atoms with Crippen LogP contribution in [0.4, 0.5) is 0 Å². The van der Waals surface area contributed by atoms with Crippen molar-refractivity contribution in [2.45, 2.75) is 33.6 Å². The first-order valence-electron chi connectivity index (χ1n) is 4.65. The molecule has 1 aliphatic rings. The zero-order valence-corrected chi connectivity index (χ0v) is 8.55. The molecular weight excluding hydrogens is 150 g/mol. The van der Waals surface area contributed by atoms with Gasteiger partial charge in [-0.1, -0.05) is 20.8 Å². The summed E-state index contributed by atoms with van der Waals surface area (Å²) in [4.78, 5) is 13.1. The van der Waals surface area contributed by atoms with Crippen molar-refractivity contribution in [1.82, 2.24) is 4.90 Å². The van der Waals surface area contributed by atoms with Crippen LogP contribution in [0, 0.1) is 11.3 Å². The summed E-state index contributed by atoms with van der Waals surface area (Å²) in [5.74, 6) is 0.968. The van der Waals surface area contributed by atoms with E-state index in [0.29, 0.717) is 17.2 Å². The van der Waals surface area contributed by atoms with Gasteiger partial charge in [0.05, 0.1) is 0 Å². The lowest BCUT2D eigenvalue weighted by Crippen LogP contribution is -2.41. The number of carbonyl (C=O) groups is 1. The van der Waals surface area contributed by atoms with Gasteiger partial charge in [0.2, 0.25) is 5.91 Å². The van der Waals surface area contributed by atoms with Gasteiger partial charge in [-0.15, -0.1) is 0 Å². The van der Waals surface area contributed by atoms with Crippen molar-refractivity contribution in [2.75, 3.05) is 13.6 Å². The van der Waals surface area contributed by atoms with Crippen LogP contribution in [0.1, 0.15) is 33.6 Å². The number of amides is 1. The van der Waals surface area contributed by atoms with Crippen molar-refractivity contribution in [3.63, 3.8) is 0 Å². The normalized spacial score (nSPS) is 26.2. The van der Waals surface area contributed by atoms with Crippen molar-refractivity contribution in [1.29, 1.82) is 0 Å². The first-order chi connectivity index (χ1) is 5.41. The monoisotopic (exact) mass is 169 g/mol. The van der Waals surface area contributed by atoms with Crippen LogP contribution in [0.15, 0.2) is 0 Å². The van der Waals surface area contributed by atoms with E-state index in [0.717, 1.165) is 19.4 Å². The second-order valence-electron chi connectivity index (χ2n) is 4.88. The van der Waals surface area contributed by atoms with E-state index < -0.39 is 0 Å². The lowest BCUT2D eigenvalue weighted by Gasteiger charge is -2.37. The highest BCUT2D eigenvalue weighted by Crippen LogP contribution is 2.32. The highest BCUT2D eigenvalue weighted by Gasteiger charge is 2.31. The Hall–Kier alpha value is -0.530. The fourth-order valence-electron chi connectivity index (χ4n) is 1.72. The summed E-state index contributed by atoms with van der Waals surface area (Å²) in [7, 11) is 1.90. The summed E-state index contributed by atoms with van der Waals surface area (Å²) in [5, 5.41) is 0. The lowest BCUT2D eigenvalue weighted by atomic mass is 9.76. The van der Waals surface area contributed by atoms with Gasteiger partial charge in [0.1, 0.15) is 0 Å². The van der Waals surface area contributed by atoms with Crippen molar-refractivity contribution in [3.05, 3.63) is 0 Å². The van der Waals surface area contributed by atoms with Crippen molar-refractivity contribution < 1.29 is 4.79 Å². The molecule has 0 aliphatic carbocycles. The molecule has 0 bridgehead atoms. The van der Waals surface area contributed by atoms with Crippen LogP contribution in [0.3, 0.4) is 0 Å². The second-order valence-corrected chi connectivity index (χ2v) is 4.88. The molecular formula is C10H19NO. The molecule has 0 radical (unpaired) electrons. The highest BCUT2D eigenvalue weighted by atomic mass is 16.2. The largest absolute Gasteiger partial charge is 0.345 e. The molecule has 0 spiro atoms. The summed E-state index contributed by atoms with van der Waals surface area (Å²) in [6.45, 7) is 7.69. The number of nitrogens with zero attached hydrogens (tertiary/aromatic N) is 1. The summed E-state index contributed by atoms with van der Waals surface area (Å²) in [6.07, 6.45) is 1.80. The molecule has 70 valence electrons. The Bertz CT molecular complexity index is 181. The summed E-state index contributed by atoms with van der Waals surface area (Å²) < 4.78 is 0. The lowest BCUT2D eigenvalue weighted by molar-refractivity contribution is -0.134. The molecule has 1 rings (SSSR count). The Kier molecular flexibility index (Phi) is 2.45. The Labute approximate surface area is 74.9 Å². The molecule has 0 aromatic carbocycles. The quantitative estimate of drug-likeness (QED) is 0.542. The zero-order chi connectivity index (χ0) is 9.35. The molecule has 0 aromatic heterocycles. The molecule has 1 saturated heterocycles. The second kappa shape index (κ2) is 3.08. The van der Waals surface area contributed by atoms with Gasteiger partial charge in [-0.3, -0.25) is 4.79 Å². The maximum absolute atomic E-state index is 11.2. The maximum atomic E-state index is 11.2. The van der Waals surface area contributed by atoms with Crippen LogP contribution >= 0.6 is 0 Å². The third kappa shape index (κ3) is 1.99. The molecule has 0 N–H and O–H groups in total. The molecule has 1 fully saturated rings. The van der Waals surface area contributed by atoms with E-state index in [4.69, 9.17) is 0 Å². The van der Waals surface area contributed by atoms with E-state index in [1.807, 2.05) is 11.9 Å². The van der Waals surface area contributed by atoms with Gasteiger partial charge in [0.15, 0.2) is 0 Å². The number of rotatable bonds is 0. The van der Waals surface area contributed by atoms with Gasteiger partial charge < -0.3 is 4.90 Å². The Morgan fingerprint density at radius 1 is 1.42 bits per heavy atom. The van der Waals surface area contributed by atoms with Crippen molar-refractivity contribution in [3.8, 4) is 0 Å². The highest BCUT2D eigenvalue weighted by molar-refractivity contribution is 5.76. The van der Waals surface area contributed by atoms with Crippen LogP contribution in [0.25, 0.3) is 0 Å². The third-order valence-corrected chi connectivity index (χ3v) is 2.85. The van der Waals surface area contributed by atoms with Gasteiger partial charge in [0.25, 0.3) is 0 Å². The molecule has 1 unspecified atom stereocenters. The van der Waals surface area contributed by atoms with E-state index in [-0.39, 0.29) is 0 Å². The molecule has 0 aromatic rings. The standard InChI is InChI=1S/C10H19NO/c1-10(2,3)8-5-6-9(12)11(4)7-8/h8H,5-7H2,1-4H3. The minimum absolute atomic E-state index is 0.301. The van der Waals surface area contributed by atoms with Gasteiger partial charge in [-0.05, 0) is 17.8 Å². The molecule has 1 aliphatic heterocycles. The molecule has 2 heteroatoms. The number of likely N-dealkylation sites (tertiary alicyclic amines) is 1. The molecule has 12 heavy (non-hydrogen) atoms. The van der Waals surface area contributed by atoms with Crippen LogP contribution in [-0.2, 0) is 4.79 Å². The average molecular weight is 169 g/mol. The summed E-state index contributed by atoms with van der Waals surface area (Å²) in [6, 6.07) is 0. The fraction of sp³-hybridized carbons (Fsp3) is 0.900. The van der Waals surface area contributed by atoms with Gasteiger partial charge >= 0.3 is 0 Å². The average Bonchev–Trinajstić information content (AvgIpc) is 1.92. The molecule has 0 saturated carbocycles. The number of hydrogen-bond acceptors (Lipinski definition) is 1. The minimum Gasteiger partial charge on any atom is -0.345 e. The van der Waals surface area contributed by atoms with E-state index in [9.17, 15) is 4.79 Å². The van der Waals surface area contributed by atoms with Crippen LogP contribution < -0.4 is 0 Å². The van der Waals surface area contributed by atoms with Gasteiger partial charge in [-0.2, -0.15) is 0 Å². The van der Waals surface area contributed by atoms with Crippen LogP contribution in [0.5, 0.6) is 0 Å².